The van der Waals surface area contributed by atoms with Crippen molar-refractivity contribution in [2.45, 2.75) is 13.5 Å². The molecular weight excluding hydrogens is 212 g/mol. The Morgan fingerprint density at radius 2 is 2.47 bits per heavy atom. The first-order valence-corrected chi connectivity index (χ1v) is 5.44. The number of carbonyl (C=O) groups is 1. The molecule has 0 saturated carbocycles. The van der Waals surface area contributed by atoms with Crippen LogP contribution in [0.15, 0.2) is 23.8 Å². The molecule has 0 unspecified atom stereocenters. The minimum Gasteiger partial charge on any atom is -0.477 e. The molecule has 2 aromatic heterocycles. The van der Waals surface area contributed by atoms with Crippen LogP contribution in [0.5, 0.6) is 0 Å². The van der Waals surface area contributed by atoms with E-state index in [0.29, 0.717) is 10.4 Å². The Labute approximate surface area is 90.8 Å². The summed E-state index contributed by atoms with van der Waals surface area (Å²) in [4.78, 5) is 15.5. The highest BCUT2D eigenvalue weighted by Gasteiger charge is 2.16. The number of hydrogen-bond donors (Lipinski definition) is 1. The van der Waals surface area contributed by atoms with E-state index in [-0.39, 0.29) is 0 Å². The molecule has 2 rings (SSSR count). The summed E-state index contributed by atoms with van der Waals surface area (Å²) in [6, 6.07) is 1.79. The van der Waals surface area contributed by atoms with Crippen molar-refractivity contribution in [1.82, 2.24) is 9.55 Å². The van der Waals surface area contributed by atoms with Crippen molar-refractivity contribution in [1.29, 1.82) is 0 Å². The monoisotopic (exact) mass is 222 g/mol. The molecule has 2 aromatic rings. The van der Waals surface area contributed by atoms with Crippen LogP contribution in [0.2, 0.25) is 0 Å². The molecule has 0 aliphatic carbocycles. The predicted octanol–water partition coefficient (Wildman–Crippen LogP) is 2.33. The third-order valence-corrected chi connectivity index (χ3v) is 3.06. The third-order valence-electron chi connectivity index (χ3n) is 2.16. The summed E-state index contributed by atoms with van der Waals surface area (Å²) in [6.07, 6.45) is 3.53. The van der Waals surface area contributed by atoms with Gasteiger partial charge in [-0.05, 0) is 18.4 Å². The topological polar surface area (TPSA) is 55.1 Å². The standard InChI is InChI=1S/C10H10N2O2S/c1-2-12-5-4-11-9(12)7-3-6-15-8(7)10(13)14/h3-6H,2H2,1H3,(H,13,14). The zero-order chi connectivity index (χ0) is 10.8. The molecule has 15 heavy (non-hydrogen) atoms. The van der Waals surface area contributed by atoms with Gasteiger partial charge in [0.1, 0.15) is 10.7 Å². The first kappa shape index (κ1) is 9.92. The molecule has 0 aromatic carbocycles. The van der Waals surface area contributed by atoms with Crippen LogP contribution in [0.25, 0.3) is 11.4 Å². The van der Waals surface area contributed by atoms with E-state index in [2.05, 4.69) is 4.98 Å². The molecule has 0 atom stereocenters. The summed E-state index contributed by atoms with van der Waals surface area (Å²) in [5.41, 5.74) is 0.694. The molecule has 2 heterocycles. The molecule has 0 aliphatic rings. The fraction of sp³-hybridized carbons (Fsp3) is 0.200. The average molecular weight is 222 g/mol. The van der Waals surface area contributed by atoms with Gasteiger partial charge in [-0.25, -0.2) is 9.78 Å². The minimum absolute atomic E-state index is 0.343. The fourth-order valence-corrected chi connectivity index (χ4v) is 2.19. The van der Waals surface area contributed by atoms with Crippen molar-refractivity contribution in [3.63, 3.8) is 0 Å². The van der Waals surface area contributed by atoms with Gasteiger partial charge in [-0.2, -0.15) is 0 Å². The van der Waals surface area contributed by atoms with E-state index in [1.165, 1.54) is 11.3 Å². The van der Waals surface area contributed by atoms with Gasteiger partial charge in [-0.1, -0.05) is 0 Å². The fourth-order valence-electron chi connectivity index (χ4n) is 1.46. The van der Waals surface area contributed by atoms with Gasteiger partial charge >= 0.3 is 5.97 Å². The normalized spacial score (nSPS) is 10.5. The van der Waals surface area contributed by atoms with E-state index in [9.17, 15) is 4.79 Å². The second-order valence-corrected chi connectivity index (χ2v) is 3.92. The summed E-state index contributed by atoms with van der Waals surface area (Å²) in [6.45, 7) is 2.78. The molecule has 0 amide bonds. The van der Waals surface area contributed by atoms with Crippen molar-refractivity contribution >= 4 is 17.3 Å². The van der Waals surface area contributed by atoms with Gasteiger partial charge in [0.05, 0.1) is 0 Å². The van der Waals surface area contributed by atoms with Crippen LogP contribution in [-0.2, 0) is 6.54 Å². The Balaban J connectivity index is 2.54. The highest BCUT2D eigenvalue weighted by Crippen LogP contribution is 2.26. The largest absolute Gasteiger partial charge is 0.477 e. The maximum atomic E-state index is 11.0. The van der Waals surface area contributed by atoms with Crippen molar-refractivity contribution < 1.29 is 9.90 Å². The van der Waals surface area contributed by atoms with Gasteiger partial charge in [0.25, 0.3) is 0 Å². The zero-order valence-corrected chi connectivity index (χ0v) is 8.99. The van der Waals surface area contributed by atoms with Gasteiger partial charge in [-0.3, -0.25) is 0 Å². The maximum Gasteiger partial charge on any atom is 0.346 e. The second-order valence-electron chi connectivity index (χ2n) is 3.01. The first-order chi connectivity index (χ1) is 7.24. The maximum absolute atomic E-state index is 11.0. The van der Waals surface area contributed by atoms with Crippen molar-refractivity contribution in [2.75, 3.05) is 0 Å². The first-order valence-electron chi connectivity index (χ1n) is 4.56. The molecule has 0 spiro atoms. The number of thiophene rings is 1. The van der Waals surface area contributed by atoms with E-state index >= 15 is 0 Å². The van der Waals surface area contributed by atoms with Gasteiger partial charge in [0.2, 0.25) is 0 Å². The summed E-state index contributed by atoms with van der Waals surface area (Å²) >= 11 is 1.22. The molecular formula is C10H10N2O2S. The van der Waals surface area contributed by atoms with Crippen molar-refractivity contribution in [3.8, 4) is 11.4 Å². The molecule has 0 aliphatic heterocycles. The number of imidazole rings is 1. The molecule has 0 bridgehead atoms. The van der Waals surface area contributed by atoms with Crippen LogP contribution in [-0.4, -0.2) is 20.6 Å². The highest BCUT2D eigenvalue weighted by molar-refractivity contribution is 7.12. The van der Waals surface area contributed by atoms with Crippen LogP contribution in [0.3, 0.4) is 0 Å². The number of rotatable bonds is 3. The average Bonchev–Trinajstić information content (AvgIpc) is 2.85. The summed E-state index contributed by atoms with van der Waals surface area (Å²) in [5.74, 6) is -0.179. The van der Waals surface area contributed by atoms with E-state index in [0.717, 1.165) is 12.4 Å². The molecule has 0 fully saturated rings. The van der Waals surface area contributed by atoms with Gasteiger partial charge in [0.15, 0.2) is 0 Å². The smallest absolute Gasteiger partial charge is 0.346 e. The third kappa shape index (κ3) is 1.66. The summed E-state index contributed by atoms with van der Waals surface area (Å²) in [7, 11) is 0. The lowest BCUT2D eigenvalue weighted by Gasteiger charge is -2.03. The number of carboxylic acids is 1. The SMILES string of the molecule is CCn1ccnc1-c1ccsc1C(=O)O. The Hall–Kier alpha value is -1.62. The van der Waals surface area contributed by atoms with E-state index in [1.54, 1.807) is 17.6 Å². The zero-order valence-electron chi connectivity index (χ0n) is 8.17. The molecule has 4 nitrogen and oxygen atoms in total. The Kier molecular flexibility index (Phi) is 2.55. The number of aryl methyl sites for hydroxylation is 1. The molecule has 78 valence electrons. The van der Waals surface area contributed by atoms with Crippen molar-refractivity contribution in [2.24, 2.45) is 0 Å². The number of nitrogens with zero attached hydrogens (tertiary/aromatic N) is 2. The highest BCUT2D eigenvalue weighted by atomic mass is 32.1. The van der Waals surface area contributed by atoms with E-state index < -0.39 is 5.97 Å². The molecule has 0 saturated heterocycles. The number of carboxylic acid groups (broad SMARTS) is 1. The quantitative estimate of drug-likeness (QED) is 0.867. The Bertz CT molecular complexity index is 487. The van der Waals surface area contributed by atoms with Crippen LogP contribution >= 0.6 is 11.3 Å². The van der Waals surface area contributed by atoms with E-state index in [4.69, 9.17) is 5.11 Å². The Morgan fingerprint density at radius 1 is 1.67 bits per heavy atom. The predicted molar refractivity (Wildman–Crippen MR) is 58.2 cm³/mol. The summed E-state index contributed by atoms with van der Waals surface area (Å²) < 4.78 is 1.93. The molecule has 1 N–H and O–H groups in total. The van der Waals surface area contributed by atoms with Crippen LogP contribution < -0.4 is 0 Å². The van der Waals surface area contributed by atoms with Crippen LogP contribution in [0, 0.1) is 0 Å². The number of hydrogen-bond acceptors (Lipinski definition) is 3. The number of aromatic nitrogens is 2. The van der Waals surface area contributed by atoms with Gasteiger partial charge in [-0.15, -0.1) is 11.3 Å². The molecule has 0 radical (unpaired) electrons. The lowest BCUT2D eigenvalue weighted by molar-refractivity contribution is 0.0703. The Morgan fingerprint density at radius 3 is 3.13 bits per heavy atom. The minimum atomic E-state index is -0.898. The van der Waals surface area contributed by atoms with Crippen LogP contribution in [0.4, 0.5) is 0 Å². The van der Waals surface area contributed by atoms with Crippen molar-refractivity contribution in [3.05, 3.63) is 28.7 Å². The molecule has 5 heteroatoms. The lowest BCUT2D eigenvalue weighted by atomic mass is 10.2. The second kappa shape index (κ2) is 3.86. The lowest BCUT2D eigenvalue weighted by Crippen LogP contribution is -2.00. The number of aromatic carboxylic acids is 1. The summed E-state index contributed by atoms with van der Waals surface area (Å²) in [5, 5.41) is 10.8. The van der Waals surface area contributed by atoms with Gasteiger partial charge < -0.3 is 9.67 Å². The van der Waals surface area contributed by atoms with Gasteiger partial charge in [0, 0.05) is 24.5 Å². The van der Waals surface area contributed by atoms with Crippen LogP contribution in [0.1, 0.15) is 16.6 Å². The van der Waals surface area contributed by atoms with E-state index in [1.807, 2.05) is 17.7 Å².